The number of aromatic nitrogens is 1. The van der Waals surface area contributed by atoms with E-state index in [1.54, 1.807) is 23.3 Å². The molecule has 1 fully saturated rings. The number of nitrogens with one attached hydrogen (secondary N) is 1. The predicted molar refractivity (Wildman–Crippen MR) is 89.1 cm³/mol. The molecule has 0 saturated heterocycles. The van der Waals surface area contributed by atoms with Crippen molar-refractivity contribution < 1.29 is 9.90 Å². The summed E-state index contributed by atoms with van der Waals surface area (Å²) in [5.74, 6) is 0.376. The Morgan fingerprint density at radius 1 is 1.55 bits per heavy atom. The number of aliphatic hydroxyl groups excluding tert-OH is 1. The summed E-state index contributed by atoms with van der Waals surface area (Å²) >= 11 is 1.57. The Kier molecular flexibility index (Phi) is 5.12. The van der Waals surface area contributed by atoms with Crippen molar-refractivity contribution in [2.24, 2.45) is 5.92 Å². The number of rotatable bonds is 5. The van der Waals surface area contributed by atoms with E-state index in [0.29, 0.717) is 12.5 Å². The van der Waals surface area contributed by atoms with Gasteiger partial charge in [0.15, 0.2) is 0 Å². The van der Waals surface area contributed by atoms with Gasteiger partial charge in [0.05, 0.1) is 17.8 Å². The van der Waals surface area contributed by atoms with Crippen LogP contribution in [0.3, 0.4) is 0 Å². The SMILES string of the molecule is CC(NC(=O)N(C)CC(O)C1CC1)c1nc(C(C)(C)C)cs1. The summed E-state index contributed by atoms with van der Waals surface area (Å²) in [6.07, 6.45) is 1.74. The fourth-order valence-corrected chi connectivity index (χ4v) is 3.23. The number of thiazole rings is 1. The third-order valence-electron chi connectivity index (χ3n) is 3.97. The van der Waals surface area contributed by atoms with E-state index < -0.39 is 6.10 Å². The molecule has 124 valence electrons. The molecule has 0 radical (unpaired) electrons. The van der Waals surface area contributed by atoms with Crippen LogP contribution < -0.4 is 5.32 Å². The standard InChI is InChI=1S/C16H27N3O2S/c1-10(14-18-13(9-22-14)16(2,3)4)17-15(21)19(5)8-12(20)11-6-7-11/h9-12,20H,6-8H2,1-5H3,(H,17,21). The molecule has 2 rings (SSSR count). The molecule has 1 saturated carbocycles. The molecule has 2 unspecified atom stereocenters. The summed E-state index contributed by atoms with van der Waals surface area (Å²) in [6, 6.07) is -0.297. The van der Waals surface area contributed by atoms with Gasteiger partial charge in [-0.25, -0.2) is 9.78 Å². The largest absolute Gasteiger partial charge is 0.391 e. The Morgan fingerprint density at radius 2 is 2.18 bits per heavy atom. The van der Waals surface area contributed by atoms with Gasteiger partial charge in [0, 0.05) is 24.4 Å². The molecule has 0 spiro atoms. The zero-order chi connectivity index (χ0) is 16.5. The van der Waals surface area contributed by atoms with E-state index in [1.807, 2.05) is 6.92 Å². The molecule has 2 amide bonds. The maximum absolute atomic E-state index is 12.2. The maximum atomic E-state index is 12.2. The van der Waals surface area contributed by atoms with Crippen LogP contribution in [0.25, 0.3) is 0 Å². The van der Waals surface area contributed by atoms with E-state index in [4.69, 9.17) is 0 Å². The Labute approximate surface area is 136 Å². The van der Waals surface area contributed by atoms with E-state index in [2.05, 4.69) is 36.5 Å². The quantitative estimate of drug-likeness (QED) is 0.875. The average molecular weight is 325 g/mol. The Balaban J connectivity index is 1.88. The third-order valence-corrected chi connectivity index (χ3v) is 5.00. The first-order chi connectivity index (χ1) is 10.2. The lowest BCUT2D eigenvalue weighted by atomic mass is 9.93. The first kappa shape index (κ1) is 17.2. The van der Waals surface area contributed by atoms with Crippen LogP contribution in [0.1, 0.15) is 57.3 Å². The van der Waals surface area contributed by atoms with Crippen LogP contribution in [-0.4, -0.2) is 40.7 Å². The molecule has 1 heterocycles. The van der Waals surface area contributed by atoms with Crippen molar-refractivity contribution >= 4 is 17.4 Å². The minimum atomic E-state index is -0.404. The fraction of sp³-hybridized carbons (Fsp3) is 0.750. The van der Waals surface area contributed by atoms with E-state index in [9.17, 15) is 9.90 Å². The lowest BCUT2D eigenvalue weighted by molar-refractivity contribution is 0.113. The normalized spacial score (nSPS) is 17.9. The molecule has 5 nitrogen and oxygen atoms in total. The van der Waals surface area contributed by atoms with Crippen LogP contribution in [0.4, 0.5) is 4.79 Å². The number of likely N-dealkylation sites (N-methyl/N-ethyl adjacent to an activating group) is 1. The van der Waals surface area contributed by atoms with Gasteiger partial charge >= 0.3 is 6.03 Å². The minimum absolute atomic E-state index is 0.0175. The number of hydrogen-bond donors (Lipinski definition) is 2. The van der Waals surface area contributed by atoms with E-state index in [0.717, 1.165) is 23.5 Å². The van der Waals surface area contributed by atoms with Gasteiger partial charge in [-0.05, 0) is 25.7 Å². The first-order valence-corrected chi connectivity index (χ1v) is 8.72. The number of nitrogens with zero attached hydrogens (tertiary/aromatic N) is 2. The van der Waals surface area contributed by atoms with Crippen molar-refractivity contribution in [2.75, 3.05) is 13.6 Å². The highest BCUT2D eigenvalue weighted by molar-refractivity contribution is 7.09. The van der Waals surface area contributed by atoms with Crippen LogP contribution >= 0.6 is 11.3 Å². The average Bonchev–Trinajstić information content (AvgIpc) is 3.13. The second kappa shape index (κ2) is 6.54. The summed E-state index contributed by atoms with van der Waals surface area (Å²) in [5, 5.41) is 15.8. The zero-order valence-electron chi connectivity index (χ0n) is 14.1. The molecule has 2 atom stereocenters. The van der Waals surface area contributed by atoms with Crippen molar-refractivity contribution in [1.29, 1.82) is 0 Å². The maximum Gasteiger partial charge on any atom is 0.317 e. The van der Waals surface area contributed by atoms with Crippen molar-refractivity contribution in [3.05, 3.63) is 16.1 Å². The number of aliphatic hydroxyl groups is 1. The molecule has 6 heteroatoms. The summed E-state index contributed by atoms with van der Waals surface area (Å²) in [6.45, 7) is 8.70. The van der Waals surface area contributed by atoms with Crippen LogP contribution in [0.5, 0.6) is 0 Å². The number of urea groups is 1. The summed E-state index contributed by atoms with van der Waals surface area (Å²) in [5.41, 5.74) is 1.06. The molecule has 1 aromatic heterocycles. The van der Waals surface area contributed by atoms with Gasteiger partial charge < -0.3 is 15.3 Å². The molecule has 0 aromatic carbocycles. The number of carbonyl (C=O) groups is 1. The number of carbonyl (C=O) groups excluding carboxylic acids is 1. The van der Waals surface area contributed by atoms with Gasteiger partial charge in [0.1, 0.15) is 5.01 Å². The van der Waals surface area contributed by atoms with Crippen molar-refractivity contribution in [3.8, 4) is 0 Å². The molecular weight excluding hydrogens is 298 g/mol. The topological polar surface area (TPSA) is 65.5 Å². The highest BCUT2D eigenvalue weighted by atomic mass is 32.1. The lowest BCUT2D eigenvalue weighted by Crippen LogP contribution is -2.42. The first-order valence-electron chi connectivity index (χ1n) is 7.84. The van der Waals surface area contributed by atoms with E-state index in [-0.39, 0.29) is 17.5 Å². The molecule has 0 aliphatic heterocycles. The van der Waals surface area contributed by atoms with Gasteiger partial charge in [-0.1, -0.05) is 20.8 Å². The van der Waals surface area contributed by atoms with Gasteiger partial charge in [0.25, 0.3) is 0 Å². The highest BCUT2D eigenvalue weighted by Gasteiger charge is 2.31. The summed E-state index contributed by atoms with van der Waals surface area (Å²) < 4.78 is 0. The lowest BCUT2D eigenvalue weighted by Gasteiger charge is -2.23. The van der Waals surface area contributed by atoms with E-state index >= 15 is 0 Å². The molecule has 1 aromatic rings. The predicted octanol–water partition coefficient (Wildman–Crippen LogP) is 2.91. The van der Waals surface area contributed by atoms with E-state index in [1.165, 1.54) is 0 Å². The molecule has 1 aliphatic rings. The smallest absolute Gasteiger partial charge is 0.317 e. The van der Waals surface area contributed by atoms with Gasteiger partial charge in [0.2, 0.25) is 0 Å². The Hall–Kier alpha value is -1.14. The minimum Gasteiger partial charge on any atom is -0.391 e. The summed E-state index contributed by atoms with van der Waals surface area (Å²) in [4.78, 5) is 18.4. The monoisotopic (exact) mass is 325 g/mol. The fourth-order valence-electron chi connectivity index (χ4n) is 2.18. The van der Waals surface area contributed by atoms with Gasteiger partial charge in [-0.15, -0.1) is 11.3 Å². The van der Waals surface area contributed by atoms with Crippen LogP contribution in [0.15, 0.2) is 5.38 Å². The van der Waals surface area contributed by atoms with Crippen molar-refractivity contribution in [1.82, 2.24) is 15.2 Å². The van der Waals surface area contributed by atoms with Crippen LogP contribution in [0.2, 0.25) is 0 Å². The van der Waals surface area contributed by atoms with Crippen LogP contribution in [0, 0.1) is 5.92 Å². The molecule has 2 N–H and O–H groups in total. The second-order valence-electron chi connectivity index (χ2n) is 7.28. The highest BCUT2D eigenvalue weighted by Crippen LogP contribution is 2.32. The van der Waals surface area contributed by atoms with Gasteiger partial charge in [-0.3, -0.25) is 0 Å². The zero-order valence-corrected chi connectivity index (χ0v) is 14.9. The van der Waals surface area contributed by atoms with Gasteiger partial charge in [-0.2, -0.15) is 0 Å². The Morgan fingerprint density at radius 3 is 2.68 bits per heavy atom. The van der Waals surface area contributed by atoms with Crippen LogP contribution in [-0.2, 0) is 5.41 Å². The van der Waals surface area contributed by atoms with Crippen molar-refractivity contribution in [3.63, 3.8) is 0 Å². The molecule has 22 heavy (non-hydrogen) atoms. The number of hydrogen-bond acceptors (Lipinski definition) is 4. The molecular formula is C16H27N3O2S. The summed E-state index contributed by atoms with van der Waals surface area (Å²) in [7, 11) is 1.72. The second-order valence-corrected chi connectivity index (χ2v) is 8.17. The third kappa shape index (κ3) is 4.43. The van der Waals surface area contributed by atoms with Crippen molar-refractivity contribution in [2.45, 2.75) is 58.1 Å². The Bertz CT molecular complexity index is 520. The molecule has 0 bridgehead atoms. The molecule has 1 aliphatic carbocycles. The number of amides is 2.